The van der Waals surface area contributed by atoms with Crippen molar-refractivity contribution >= 4 is 11.6 Å². The van der Waals surface area contributed by atoms with Crippen molar-refractivity contribution in [2.75, 3.05) is 6.54 Å². The summed E-state index contributed by atoms with van der Waals surface area (Å²) in [5, 5.41) is 9.77. The summed E-state index contributed by atoms with van der Waals surface area (Å²) < 4.78 is 6.23. The van der Waals surface area contributed by atoms with Crippen LogP contribution in [0.4, 0.5) is 0 Å². The topological polar surface area (TPSA) is 59.0 Å². The van der Waals surface area contributed by atoms with Crippen LogP contribution in [-0.4, -0.2) is 6.54 Å². The van der Waals surface area contributed by atoms with Gasteiger partial charge in [0.2, 0.25) is 0 Å². The number of hydrogen-bond acceptors (Lipinski definition) is 3. The first-order valence-corrected chi connectivity index (χ1v) is 7.71. The molecule has 2 aromatic carbocycles. The minimum absolute atomic E-state index is 0.493. The van der Waals surface area contributed by atoms with E-state index in [0.29, 0.717) is 23.7 Å². The second-order valence-electron chi connectivity index (χ2n) is 5.50. The predicted molar refractivity (Wildman–Crippen MR) is 86.5 cm³/mol. The lowest BCUT2D eigenvalue weighted by atomic mass is 9.81. The molecule has 0 saturated carbocycles. The van der Waals surface area contributed by atoms with Crippen LogP contribution in [0.2, 0.25) is 5.02 Å². The molecule has 0 spiro atoms. The Hall–Kier alpha value is -1.86. The van der Waals surface area contributed by atoms with Crippen LogP contribution in [-0.2, 0) is 16.9 Å². The summed E-state index contributed by atoms with van der Waals surface area (Å²) in [6, 6.07) is 15.7. The number of nitriles is 1. The molecule has 0 fully saturated rings. The number of fused-ring (bicyclic) bond motifs is 1. The van der Waals surface area contributed by atoms with Gasteiger partial charge in [0.15, 0.2) is 0 Å². The zero-order valence-electron chi connectivity index (χ0n) is 12.2. The second kappa shape index (κ2) is 6.10. The van der Waals surface area contributed by atoms with Gasteiger partial charge in [0, 0.05) is 5.02 Å². The van der Waals surface area contributed by atoms with Crippen molar-refractivity contribution in [3.05, 3.63) is 69.7 Å². The highest BCUT2D eigenvalue weighted by atomic mass is 35.5. The molecule has 0 saturated heterocycles. The maximum absolute atomic E-state index is 9.07. The molecule has 1 atom stereocenters. The van der Waals surface area contributed by atoms with Crippen molar-refractivity contribution in [2.24, 2.45) is 5.73 Å². The van der Waals surface area contributed by atoms with Gasteiger partial charge < -0.3 is 10.5 Å². The average molecular weight is 313 g/mol. The van der Waals surface area contributed by atoms with Crippen LogP contribution in [0.15, 0.2) is 42.5 Å². The molecule has 0 aromatic heterocycles. The van der Waals surface area contributed by atoms with E-state index in [1.165, 1.54) is 0 Å². The van der Waals surface area contributed by atoms with E-state index in [-0.39, 0.29) is 0 Å². The molecule has 1 unspecified atom stereocenters. The fourth-order valence-corrected chi connectivity index (χ4v) is 3.24. The molecule has 0 bridgehead atoms. The summed E-state index contributed by atoms with van der Waals surface area (Å²) >= 11 is 6.01. The molecule has 2 aromatic rings. The number of ether oxygens (including phenoxy) is 1. The van der Waals surface area contributed by atoms with E-state index < -0.39 is 5.60 Å². The molecule has 1 aliphatic heterocycles. The van der Waals surface area contributed by atoms with Gasteiger partial charge in [-0.2, -0.15) is 5.26 Å². The lowest BCUT2D eigenvalue weighted by molar-refractivity contribution is -0.0125. The van der Waals surface area contributed by atoms with Crippen LogP contribution in [0.1, 0.15) is 35.1 Å². The first-order chi connectivity index (χ1) is 10.7. The molecule has 3 nitrogen and oxygen atoms in total. The third kappa shape index (κ3) is 2.50. The van der Waals surface area contributed by atoms with Crippen molar-refractivity contribution < 1.29 is 4.74 Å². The first kappa shape index (κ1) is 15.1. The normalized spacial score (nSPS) is 19.7. The molecule has 2 N–H and O–H groups in total. The van der Waals surface area contributed by atoms with Crippen LogP contribution in [0, 0.1) is 11.3 Å². The Bertz CT molecular complexity index is 721. The van der Waals surface area contributed by atoms with Gasteiger partial charge in [-0.05, 0) is 60.3 Å². The molecule has 0 amide bonds. The minimum atomic E-state index is -0.493. The Morgan fingerprint density at radius 1 is 1.23 bits per heavy atom. The predicted octanol–water partition coefficient (Wildman–Crippen LogP) is 3.72. The first-order valence-electron chi connectivity index (χ1n) is 7.33. The number of rotatable bonds is 4. The van der Waals surface area contributed by atoms with Crippen molar-refractivity contribution in [3.8, 4) is 6.07 Å². The van der Waals surface area contributed by atoms with Crippen LogP contribution in [0.5, 0.6) is 0 Å². The lowest BCUT2D eigenvalue weighted by Gasteiger charge is -2.30. The summed E-state index contributed by atoms with van der Waals surface area (Å²) in [7, 11) is 0. The van der Waals surface area contributed by atoms with E-state index in [4.69, 9.17) is 27.3 Å². The SMILES string of the molecule is N#Cc1ccc2c(c1)COC2(CCCN)c1ccc(Cl)cc1. The summed E-state index contributed by atoms with van der Waals surface area (Å²) in [5.41, 5.74) is 9.16. The highest BCUT2D eigenvalue weighted by Crippen LogP contribution is 2.45. The van der Waals surface area contributed by atoms with E-state index in [2.05, 4.69) is 6.07 Å². The minimum Gasteiger partial charge on any atom is -0.361 e. The number of nitrogens with zero attached hydrogens (tertiary/aromatic N) is 1. The summed E-state index contributed by atoms with van der Waals surface area (Å²) in [5.74, 6) is 0. The van der Waals surface area contributed by atoms with E-state index in [0.717, 1.165) is 29.5 Å². The molecule has 22 heavy (non-hydrogen) atoms. The van der Waals surface area contributed by atoms with Gasteiger partial charge in [0.25, 0.3) is 0 Å². The Labute approximate surface area is 135 Å². The van der Waals surface area contributed by atoms with Crippen LogP contribution >= 0.6 is 11.6 Å². The molecule has 1 aliphatic rings. The van der Waals surface area contributed by atoms with Crippen LogP contribution < -0.4 is 5.73 Å². The number of benzene rings is 2. The lowest BCUT2D eigenvalue weighted by Crippen LogP contribution is -2.28. The molecule has 1 heterocycles. The fourth-order valence-electron chi connectivity index (χ4n) is 3.12. The zero-order valence-corrected chi connectivity index (χ0v) is 12.9. The Morgan fingerprint density at radius 2 is 2.00 bits per heavy atom. The smallest absolute Gasteiger partial charge is 0.119 e. The van der Waals surface area contributed by atoms with Gasteiger partial charge >= 0.3 is 0 Å². The van der Waals surface area contributed by atoms with Crippen LogP contribution in [0.3, 0.4) is 0 Å². The largest absolute Gasteiger partial charge is 0.361 e. The number of hydrogen-bond donors (Lipinski definition) is 1. The van der Waals surface area contributed by atoms with Gasteiger partial charge in [0.1, 0.15) is 5.60 Å². The van der Waals surface area contributed by atoms with Gasteiger partial charge in [-0.3, -0.25) is 0 Å². The van der Waals surface area contributed by atoms with Gasteiger partial charge in [0.05, 0.1) is 18.2 Å². The highest BCUT2D eigenvalue weighted by molar-refractivity contribution is 6.30. The molecular formula is C18H17ClN2O. The Morgan fingerprint density at radius 3 is 2.68 bits per heavy atom. The average Bonchev–Trinajstić information content (AvgIpc) is 2.92. The maximum atomic E-state index is 9.07. The number of nitrogens with two attached hydrogens (primary N) is 1. The monoisotopic (exact) mass is 312 g/mol. The third-order valence-electron chi connectivity index (χ3n) is 4.19. The third-order valence-corrected chi connectivity index (χ3v) is 4.44. The molecular weight excluding hydrogens is 296 g/mol. The Kier molecular flexibility index (Phi) is 4.17. The molecule has 0 radical (unpaired) electrons. The summed E-state index contributed by atoms with van der Waals surface area (Å²) in [6.07, 6.45) is 1.67. The zero-order chi connectivity index (χ0) is 15.6. The van der Waals surface area contributed by atoms with E-state index in [9.17, 15) is 0 Å². The Balaban J connectivity index is 2.10. The molecule has 0 aliphatic carbocycles. The van der Waals surface area contributed by atoms with Gasteiger partial charge in [-0.25, -0.2) is 0 Å². The summed E-state index contributed by atoms with van der Waals surface area (Å²) in [6.45, 7) is 1.13. The highest BCUT2D eigenvalue weighted by Gasteiger charge is 2.41. The molecule has 112 valence electrons. The second-order valence-corrected chi connectivity index (χ2v) is 5.93. The van der Waals surface area contributed by atoms with Crippen LogP contribution in [0.25, 0.3) is 0 Å². The standard InChI is InChI=1S/C18H17ClN2O/c19-16-5-3-15(4-6-16)18(8-1-9-20)17-7-2-13(11-21)10-14(17)12-22-18/h2-7,10H,1,8-9,12,20H2. The van der Waals surface area contributed by atoms with Gasteiger partial charge in [-0.1, -0.05) is 29.8 Å². The van der Waals surface area contributed by atoms with E-state index in [1.54, 1.807) is 0 Å². The van der Waals surface area contributed by atoms with Crippen molar-refractivity contribution in [1.29, 1.82) is 5.26 Å². The van der Waals surface area contributed by atoms with E-state index in [1.807, 2.05) is 42.5 Å². The maximum Gasteiger partial charge on any atom is 0.119 e. The van der Waals surface area contributed by atoms with Crippen molar-refractivity contribution in [3.63, 3.8) is 0 Å². The van der Waals surface area contributed by atoms with Crippen molar-refractivity contribution in [2.45, 2.75) is 25.0 Å². The van der Waals surface area contributed by atoms with E-state index >= 15 is 0 Å². The summed E-state index contributed by atoms with van der Waals surface area (Å²) in [4.78, 5) is 0. The molecule has 4 heteroatoms. The van der Waals surface area contributed by atoms with Gasteiger partial charge in [-0.15, -0.1) is 0 Å². The quantitative estimate of drug-likeness (QED) is 0.936. The molecule has 3 rings (SSSR count). The fraction of sp³-hybridized carbons (Fsp3) is 0.278. The van der Waals surface area contributed by atoms with Crippen molar-refractivity contribution in [1.82, 2.24) is 0 Å². The number of halogens is 1.